The number of benzene rings is 1. The fourth-order valence-corrected chi connectivity index (χ4v) is 2.92. The van der Waals surface area contributed by atoms with Crippen LogP contribution in [0.5, 0.6) is 0 Å². The Bertz CT molecular complexity index is 600. The average molecular weight is 348 g/mol. The van der Waals surface area contributed by atoms with Crippen molar-refractivity contribution >= 4 is 33.2 Å². The number of carbonyl (C=O) groups is 1. The standard InChI is InChI=1S/C16H18BrN3O/c1-12-15(11-19-9-3-2-4-10-19)16(21)20(18-12)14-7-5-13(17)6-8-14/h5-8,11H,2-4,9-10H2,1H3/b15-11-. The number of likely N-dealkylation sites (tertiary alicyclic amines) is 1. The van der Waals surface area contributed by atoms with Gasteiger partial charge in [-0.15, -0.1) is 0 Å². The van der Waals surface area contributed by atoms with Crippen LogP contribution in [0, 0.1) is 0 Å². The van der Waals surface area contributed by atoms with Crippen LogP contribution >= 0.6 is 15.9 Å². The first kappa shape index (κ1) is 14.3. The van der Waals surface area contributed by atoms with Crippen LogP contribution in [-0.4, -0.2) is 29.6 Å². The predicted molar refractivity (Wildman–Crippen MR) is 88.2 cm³/mol. The molecule has 1 amide bonds. The summed E-state index contributed by atoms with van der Waals surface area (Å²) in [6.45, 7) is 3.96. The summed E-state index contributed by atoms with van der Waals surface area (Å²) in [5.41, 5.74) is 2.29. The van der Waals surface area contributed by atoms with E-state index in [2.05, 4.69) is 25.9 Å². The van der Waals surface area contributed by atoms with Gasteiger partial charge in [-0.3, -0.25) is 4.79 Å². The number of piperidine rings is 1. The van der Waals surface area contributed by atoms with E-state index >= 15 is 0 Å². The highest BCUT2D eigenvalue weighted by molar-refractivity contribution is 9.10. The Labute approximate surface area is 133 Å². The van der Waals surface area contributed by atoms with Gasteiger partial charge in [0.2, 0.25) is 0 Å². The van der Waals surface area contributed by atoms with E-state index in [9.17, 15) is 4.79 Å². The summed E-state index contributed by atoms with van der Waals surface area (Å²) in [6, 6.07) is 7.62. The second-order valence-corrected chi connectivity index (χ2v) is 6.33. The number of halogens is 1. The lowest BCUT2D eigenvalue weighted by Crippen LogP contribution is -2.27. The molecule has 110 valence electrons. The molecule has 2 aliphatic heterocycles. The molecule has 1 aromatic rings. The summed E-state index contributed by atoms with van der Waals surface area (Å²) < 4.78 is 0.989. The molecule has 2 heterocycles. The predicted octanol–water partition coefficient (Wildman–Crippen LogP) is 3.54. The highest BCUT2D eigenvalue weighted by atomic mass is 79.9. The molecule has 0 spiro atoms. The fourth-order valence-electron chi connectivity index (χ4n) is 2.65. The van der Waals surface area contributed by atoms with E-state index in [0.29, 0.717) is 5.57 Å². The van der Waals surface area contributed by atoms with Crippen LogP contribution in [0.1, 0.15) is 26.2 Å². The van der Waals surface area contributed by atoms with Crippen LogP contribution < -0.4 is 5.01 Å². The maximum atomic E-state index is 12.6. The molecule has 3 rings (SSSR count). The van der Waals surface area contributed by atoms with E-state index in [1.54, 1.807) is 0 Å². The second-order valence-electron chi connectivity index (χ2n) is 5.42. The summed E-state index contributed by atoms with van der Waals surface area (Å²) in [5, 5.41) is 5.89. The first-order chi connectivity index (χ1) is 10.1. The van der Waals surface area contributed by atoms with Gasteiger partial charge in [0.05, 0.1) is 17.0 Å². The van der Waals surface area contributed by atoms with Crippen molar-refractivity contribution in [1.29, 1.82) is 0 Å². The van der Waals surface area contributed by atoms with E-state index < -0.39 is 0 Å². The van der Waals surface area contributed by atoms with Gasteiger partial charge >= 0.3 is 0 Å². The molecular weight excluding hydrogens is 330 g/mol. The van der Waals surface area contributed by atoms with E-state index in [1.807, 2.05) is 37.4 Å². The van der Waals surface area contributed by atoms with Crippen molar-refractivity contribution in [1.82, 2.24) is 4.90 Å². The molecule has 4 nitrogen and oxygen atoms in total. The van der Waals surface area contributed by atoms with Crippen LogP contribution in [0.15, 0.2) is 45.6 Å². The maximum Gasteiger partial charge on any atom is 0.282 e. The molecule has 0 atom stereocenters. The van der Waals surface area contributed by atoms with Crippen LogP contribution in [0.3, 0.4) is 0 Å². The SMILES string of the molecule is CC1=NN(c2ccc(Br)cc2)C(=O)/C1=C\N1CCCCC1. The Morgan fingerprint density at radius 2 is 1.81 bits per heavy atom. The highest BCUT2D eigenvalue weighted by Crippen LogP contribution is 2.25. The minimum atomic E-state index is -0.0413. The number of hydrazone groups is 1. The zero-order chi connectivity index (χ0) is 14.8. The number of anilines is 1. The lowest BCUT2D eigenvalue weighted by molar-refractivity contribution is -0.114. The molecule has 0 saturated carbocycles. The van der Waals surface area contributed by atoms with Crippen molar-refractivity contribution in [3.05, 3.63) is 40.5 Å². The Kier molecular flexibility index (Phi) is 4.10. The number of nitrogens with zero attached hydrogens (tertiary/aromatic N) is 3. The van der Waals surface area contributed by atoms with Crippen molar-refractivity contribution in [2.45, 2.75) is 26.2 Å². The zero-order valence-corrected chi connectivity index (χ0v) is 13.6. The van der Waals surface area contributed by atoms with Crippen LogP contribution in [0.25, 0.3) is 0 Å². The van der Waals surface area contributed by atoms with Gasteiger partial charge in [0, 0.05) is 23.8 Å². The topological polar surface area (TPSA) is 35.9 Å². The Hall–Kier alpha value is -1.62. The summed E-state index contributed by atoms with van der Waals surface area (Å²) >= 11 is 3.40. The Morgan fingerprint density at radius 1 is 1.14 bits per heavy atom. The largest absolute Gasteiger partial charge is 0.377 e. The van der Waals surface area contributed by atoms with Gasteiger partial charge in [-0.1, -0.05) is 15.9 Å². The molecule has 1 fully saturated rings. The normalized spacial score (nSPS) is 21.1. The van der Waals surface area contributed by atoms with Crippen molar-refractivity contribution in [3.63, 3.8) is 0 Å². The van der Waals surface area contributed by atoms with Gasteiger partial charge < -0.3 is 4.90 Å². The lowest BCUT2D eigenvalue weighted by Gasteiger charge is -2.25. The van der Waals surface area contributed by atoms with Gasteiger partial charge in [0.15, 0.2) is 0 Å². The number of hydrogen-bond donors (Lipinski definition) is 0. The fraction of sp³-hybridized carbons (Fsp3) is 0.375. The molecular formula is C16H18BrN3O. The zero-order valence-electron chi connectivity index (χ0n) is 12.1. The maximum absolute atomic E-state index is 12.6. The van der Waals surface area contributed by atoms with E-state index in [1.165, 1.54) is 24.3 Å². The molecule has 1 aromatic carbocycles. The first-order valence-electron chi connectivity index (χ1n) is 7.26. The summed E-state index contributed by atoms with van der Waals surface area (Å²) in [5.74, 6) is -0.0413. The van der Waals surface area contributed by atoms with E-state index in [4.69, 9.17) is 0 Å². The number of carbonyl (C=O) groups excluding carboxylic acids is 1. The smallest absolute Gasteiger partial charge is 0.282 e. The third-order valence-electron chi connectivity index (χ3n) is 3.84. The molecule has 0 aromatic heterocycles. The average Bonchev–Trinajstić information content (AvgIpc) is 2.77. The van der Waals surface area contributed by atoms with Crippen molar-refractivity contribution in [3.8, 4) is 0 Å². The van der Waals surface area contributed by atoms with Gasteiger partial charge in [-0.05, 0) is 50.5 Å². The quantitative estimate of drug-likeness (QED) is 0.767. The number of hydrogen-bond acceptors (Lipinski definition) is 3. The first-order valence-corrected chi connectivity index (χ1v) is 8.06. The summed E-state index contributed by atoms with van der Waals surface area (Å²) in [7, 11) is 0. The lowest BCUT2D eigenvalue weighted by atomic mass is 10.1. The van der Waals surface area contributed by atoms with Crippen molar-refractivity contribution in [2.24, 2.45) is 5.10 Å². The molecule has 0 radical (unpaired) electrons. The summed E-state index contributed by atoms with van der Waals surface area (Å²) in [4.78, 5) is 14.8. The molecule has 0 bridgehead atoms. The molecule has 0 N–H and O–H groups in total. The molecule has 21 heavy (non-hydrogen) atoms. The van der Waals surface area contributed by atoms with E-state index in [-0.39, 0.29) is 5.91 Å². The number of rotatable bonds is 2. The van der Waals surface area contributed by atoms with Gasteiger partial charge in [-0.25, -0.2) is 0 Å². The highest BCUT2D eigenvalue weighted by Gasteiger charge is 2.29. The summed E-state index contributed by atoms with van der Waals surface area (Å²) in [6.07, 6.45) is 5.67. The van der Waals surface area contributed by atoms with Gasteiger partial charge in [0.1, 0.15) is 0 Å². The van der Waals surface area contributed by atoms with E-state index in [0.717, 1.165) is 29.0 Å². The van der Waals surface area contributed by atoms with Crippen molar-refractivity contribution < 1.29 is 4.79 Å². The molecule has 1 saturated heterocycles. The number of amides is 1. The third kappa shape index (κ3) is 3.02. The minimum absolute atomic E-state index is 0.0413. The molecule has 5 heteroatoms. The van der Waals surface area contributed by atoms with Crippen molar-refractivity contribution in [2.75, 3.05) is 18.1 Å². The van der Waals surface area contributed by atoms with Crippen LogP contribution in [-0.2, 0) is 4.79 Å². The minimum Gasteiger partial charge on any atom is -0.377 e. The van der Waals surface area contributed by atoms with Crippen LogP contribution in [0.4, 0.5) is 5.69 Å². The Balaban J connectivity index is 1.83. The van der Waals surface area contributed by atoms with Crippen LogP contribution in [0.2, 0.25) is 0 Å². The second kappa shape index (κ2) is 6.02. The van der Waals surface area contributed by atoms with Gasteiger partial charge in [-0.2, -0.15) is 10.1 Å². The molecule has 0 unspecified atom stereocenters. The Morgan fingerprint density at radius 3 is 2.48 bits per heavy atom. The molecule has 0 aliphatic carbocycles. The third-order valence-corrected chi connectivity index (χ3v) is 4.36. The van der Waals surface area contributed by atoms with Gasteiger partial charge in [0.25, 0.3) is 5.91 Å². The molecule has 2 aliphatic rings. The monoisotopic (exact) mass is 347 g/mol.